The fourth-order valence-electron chi connectivity index (χ4n) is 2.40. The number of benzene rings is 1. The zero-order valence-electron chi connectivity index (χ0n) is 11.1. The first-order valence-corrected chi connectivity index (χ1v) is 6.56. The van der Waals surface area contributed by atoms with Crippen LogP contribution in [0.3, 0.4) is 0 Å². The van der Waals surface area contributed by atoms with E-state index in [4.69, 9.17) is 5.73 Å². The maximum absolute atomic E-state index is 12.2. The number of carbonyl (C=O) groups excluding carboxylic acids is 1. The van der Waals surface area contributed by atoms with E-state index in [1.54, 1.807) is 21.8 Å². The molecule has 1 saturated heterocycles. The molecule has 0 radical (unpaired) electrons. The molecule has 106 valence electrons. The van der Waals surface area contributed by atoms with Gasteiger partial charge < -0.3 is 15.8 Å². The van der Waals surface area contributed by atoms with Gasteiger partial charge in [0.1, 0.15) is 6.54 Å². The van der Waals surface area contributed by atoms with E-state index in [2.05, 4.69) is 5.10 Å². The van der Waals surface area contributed by atoms with Crippen LogP contribution in [0.1, 0.15) is 0 Å². The number of nitrogens with two attached hydrogens (primary N) is 1. The van der Waals surface area contributed by atoms with Gasteiger partial charge in [0.15, 0.2) is 0 Å². The number of anilines is 1. The molecule has 20 heavy (non-hydrogen) atoms. The normalized spacial score (nSPS) is 16.8. The highest BCUT2D eigenvalue weighted by Crippen LogP contribution is 2.17. The molecule has 7 nitrogen and oxygen atoms in total. The molecule has 0 aliphatic carbocycles. The number of piperazine rings is 1. The summed E-state index contributed by atoms with van der Waals surface area (Å²) in [4.78, 5) is 14.0. The number of nitrogen functional groups attached to an aromatic ring is 1. The number of rotatable bonds is 2. The quantitative estimate of drug-likeness (QED) is 0.762. The van der Waals surface area contributed by atoms with E-state index in [1.807, 2.05) is 12.1 Å². The lowest BCUT2D eigenvalue weighted by Crippen LogP contribution is -2.48. The number of hydrogen-bond acceptors (Lipinski definition) is 5. The van der Waals surface area contributed by atoms with Crippen molar-refractivity contribution in [2.75, 3.05) is 31.9 Å². The van der Waals surface area contributed by atoms with Gasteiger partial charge in [-0.25, -0.2) is 0 Å². The Labute approximate surface area is 116 Å². The molecule has 1 aliphatic rings. The second kappa shape index (κ2) is 5.10. The third-order valence-corrected chi connectivity index (χ3v) is 3.56. The summed E-state index contributed by atoms with van der Waals surface area (Å²) < 4.78 is 1.68. The van der Waals surface area contributed by atoms with Crippen molar-refractivity contribution in [1.82, 2.24) is 19.7 Å². The van der Waals surface area contributed by atoms with Gasteiger partial charge in [-0.05, 0) is 18.2 Å². The third-order valence-electron chi connectivity index (χ3n) is 3.56. The number of hydroxylamine groups is 2. The van der Waals surface area contributed by atoms with E-state index in [0.29, 0.717) is 31.9 Å². The van der Waals surface area contributed by atoms with Crippen LogP contribution >= 0.6 is 0 Å². The summed E-state index contributed by atoms with van der Waals surface area (Å²) in [6.07, 6.45) is 1.71. The molecular formula is C13H17N5O2. The summed E-state index contributed by atoms with van der Waals surface area (Å²) in [6.45, 7) is 2.27. The van der Waals surface area contributed by atoms with Crippen molar-refractivity contribution in [2.45, 2.75) is 6.54 Å². The summed E-state index contributed by atoms with van der Waals surface area (Å²) in [5.74, 6) is 0.0138. The van der Waals surface area contributed by atoms with E-state index in [-0.39, 0.29) is 12.5 Å². The molecule has 1 aliphatic heterocycles. The molecule has 0 bridgehead atoms. The van der Waals surface area contributed by atoms with E-state index >= 15 is 0 Å². The number of fused-ring (bicyclic) bond motifs is 1. The largest absolute Gasteiger partial charge is 0.399 e. The molecule has 1 aromatic heterocycles. The third kappa shape index (κ3) is 2.45. The Kier molecular flexibility index (Phi) is 3.29. The van der Waals surface area contributed by atoms with Crippen LogP contribution in [0.15, 0.2) is 24.4 Å². The highest BCUT2D eigenvalue weighted by Gasteiger charge is 2.20. The summed E-state index contributed by atoms with van der Waals surface area (Å²) in [6, 6.07) is 5.51. The van der Waals surface area contributed by atoms with Crippen LogP contribution in [0.2, 0.25) is 0 Å². The maximum atomic E-state index is 12.2. The van der Waals surface area contributed by atoms with E-state index in [9.17, 15) is 10.0 Å². The molecule has 3 rings (SSSR count). The number of carbonyl (C=O) groups is 1. The average Bonchev–Trinajstić information content (AvgIpc) is 2.81. The minimum absolute atomic E-state index is 0.0138. The van der Waals surface area contributed by atoms with Gasteiger partial charge in [-0.1, -0.05) is 0 Å². The predicted molar refractivity (Wildman–Crippen MR) is 74.1 cm³/mol. The molecule has 0 saturated carbocycles. The molecule has 1 aromatic carbocycles. The summed E-state index contributed by atoms with van der Waals surface area (Å²) in [5, 5.41) is 15.7. The molecular weight excluding hydrogens is 258 g/mol. The number of nitrogens with zero attached hydrogens (tertiary/aromatic N) is 4. The minimum Gasteiger partial charge on any atom is -0.399 e. The molecule has 0 spiro atoms. The Balaban J connectivity index is 1.74. The van der Waals surface area contributed by atoms with Gasteiger partial charge in [0, 0.05) is 37.3 Å². The van der Waals surface area contributed by atoms with Gasteiger partial charge in [0.2, 0.25) is 5.91 Å². The number of amides is 1. The van der Waals surface area contributed by atoms with Gasteiger partial charge in [0.05, 0.1) is 11.7 Å². The second-order valence-electron chi connectivity index (χ2n) is 4.95. The second-order valence-corrected chi connectivity index (χ2v) is 4.95. The monoisotopic (exact) mass is 275 g/mol. The molecule has 0 atom stereocenters. The van der Waals surface area contributed by atoms with Crippen LogP contribution in [0.25, 0.3) is 10.9 Å². The van der Waals surface area contributed by atoms with Crippen LogP contribution < -0.4 is 5.73 Å². The summed E-state index contributed by atoms with van der Waals surface area (Å²) in [7, 11) is 0. The van der Waals surface area contributed by atoms with Gasteiger partial charge in [-0.15, -0.1) is 0 Å². The van der Waals surface area contributed by atoms with E-state index in [0.717, 1.165) is 10.9 Å². The van der Waals surface area contributed by atoms with Gasteiger partial charge >= 0.3 is 0 Å². The lowest BCUT2D eigenvalue weighted by molar-refractivity contribution is -0.146. The first-order chi connectivity index (χ1) is 9.63. The van der Waals surface area contributed by atoms with Crippen LogP contribution in [0.5, 0.6) is 0 Å². The van der Waals surface area contributed by atoms with Crippen LogP contribution in [0, 0.1) is 0 Å². The lowest BCUT2D eigenvalue weighted by Gasteiger charge is -2.31. The smallest absolute Gasteiger partial charge is 0.244 e. The average molecular weight is 275 g/mol. The Morgan fingerprint density at radius 3 is 2.80 bits per heavy atom. The van der Waals surface area contributed by atoms with Gasteiger partial charge in [0.25, 0.3) is 0 Å². The van der Waals surface area contributed by atoms with Crippen molar-refractivity contribution < 1.29 is 10.0 Å². The van der Waals surface area contributed by atoms with Crippen molar-refractivity contribution in [3.05, 3.63) is 24.4 Å². The maximum Gasteiger partial charge on any atom is 0.244 e. The molecule has 7 heteroatoms. The number of aromatic nitrogens is 2. The molecule has 0 unspecified atom stereocenters. The zero-order chi connectivity index (χ0) is 14.1. The van der Waals surface area contributed by atoms with Crippen molar-refractivity contribution in [3.63, 3.8) is 0 Å². The predicted octanol–water partition coefficient (Wildman–Crippen LogP) is 0.152. The first kappa shape index (κ1) is 12.9. The molecule has 2 aromatic rings. The SMILES string of the molecule is Nc1ccc2c(cnn2CC(=O)N2CCN(O)CC2)c1. The highest BCUT2D eigenvalue weighted by atomic mass is 16.5. The summed E-state index contributed by atoms with van der Waals surface area (Å²) in [5.41, 5.74) is 7.30. The summed E-state index contributed by atoms with van der Waals surface area (Å²) >= 11 is 0. The van der Waals surface area contributed by atoms with Crippen LogP contribution in [-0.2, 0) is 11.3 Å². The Morgan fingerprint density at radius 1 is 1.30 bits per heavy atom. The Bertz CT molecular complexity index is 631. The van der Waals surface area contributed by atoms with Crippen molar-refractivity contribution in [3.8, 4) is 0 Å². The van der Waals surface area contributed by atoms with Gasteiger partial charge in [-0.3, -0.25) is 9.48 Å². The lowest BCUT2D eigenvalue weighted by atomic mass is 10.2. The number of hydrogen-bond donors (Lipinski definition) is 2. The first-order valence-electron chi connectivity index (χ1n) is 6.56. The molecule has 2 heterocycles. The standard InChI is InChI=1S/C13H17N5O2/c14-11-1-2-12-10(7-11)8-15-18(12)9-13(19)16-3-5-17(20)6-4-16/h1-2,7-8,20H,3-6,9,14H2. The fourth-order valence-corrected chi connectivity index (χ4v) is 2.40. The highest BCUT2D eigenvalue weighted by molar-refractivity contribution is 5.84. The molecule has 1 fully saturated rings. The van der Waals surface area contributed by atoms with E-state index in [1.165, 1.54) is 5.06 Å². The van der Waals surface area contributed by atoms with E-state index < -0.39 is 0 Å². The zero-order valence-corrected chi connectivity index (χ0v) is 11.1. The van der Waals surface area contributed by atoms with Gasteiger partial charge in [-0.2, -0.15) is 10.2 Å². The Hall–Kier alpha value is -2.12. The minimum atomic E-state index is 0.0138. The fraction of sp³-hybridized carbons (Fsp3) is 0.385. The van der Waals surface area contributed by atoms with Crippen molar-refractivity contribution in [2.24, 2.45) is 0 Å². The van der Waals surface area contributed by atoms with Crippen LogP contribution in [0.4, 0.5) is 5.69 Å². The van der Waals surface area contributed by atoms with Crippen molar-refractivity contribution >= 4 is 22.5 Å². The van der Waals surface area contributed by atoms with Crippen LogP contribution in [-0.4, -0.2) is 57.0 Å². The molecule has 1 amide bonds. The molecule has 3 N–H and O–H groups in total. The van der Waals surface area contributed by atoms with Crippen molar-refractivity contribution in [1.29, 1.82) is 0 Å². The topological polar surface area (TPSA) is 87.6 Å². The Morgan fingerprint density at radius 2 is 2.05 bits per heavy atom.